The highest BCUT2D eigenvalue weighted by atomic mass is 16.5. The van der Waals surface area contributed by atoms with Crippen LogP contribution < -0.4 is 5.73 Å². The van der Waals surface area contributed by atoms with Crippen LogP contribution in [0.25, 0.3) is 0 Å². The molecule has 0 aliphatic carbocycles. The third kappa shape index (κ3) is 3.35. The van der Waals surface area contributed by atoms with Crippen LogP contribution in [0.4, 0.5) is 5.69 Å². The summed E-state index contributed by atoms with van der Waals surface area (Å²) in [6.45, 7) is 3.98. The number of aryl methyl sites for hydroxylation is 1. The van der Waals surface area contributed by atoms with E-state index in [1.807, 2.05) is 13.0 Å². The maximum Gasteiger partial charge on any atom is 0.384 e. The fourth-order valence-corrected chi connectivity index (χ4v) is 1.11. The Kier molecular flexibility index (Phi) is 3.75. The Morgan fingerprint density at radius 3 is 2.87 bits per heavy atom. The van der Waals surface area contributed by atoms with E-state index in [2.05, 4.69) is 16.6 Å². The monoisotopic (exact) mass is 203 g/mol. The number of nitrogen functional groups attached to an aromatic ring is 1. The SMILES string of the molecule is CCOC(=O)C#Cc1ccc(N)cc1C. The molecule has 1 aromatic rings. The van der Waals surface area contributed by atoms with Gasteiger partial charge in [0.1, 0.15) is 0 Å². The molecule has 15 heavy (non-hydrogen) atoms. The Balaban J connectivity index is 2.84. The van der Waals surface area contributed by atoms with Crippen molar-refractivity contribution in [3.8, 4) is 11.8 Å². The second kappa shape index (κ2) is 5.06. The van der Waals surface area contributed by atoms with Crippen LogP contribution in [0.5, 0.6) is 0 Å². The summed E-state index contributed by atoms with van der Waals surface area (Å²) >= 11 is 0. The molecule has 0 fully saturated rings. The van der Waals surface area contributed by atoms with Gasteiger partial charge in [-0.05, 0) is 37.6 Å². The third-order valence-corrected chi connectivity index (χ3v) is 1.83. The van der Waals surface area contributed by atoms with Gasteiger partial charge in [-0.25, -0.2) is 4.79 Å². The molecule has 3 heteroatoms. The largest absolute Gasteiger partial charge is 0.456 e. The van der Waals surface area contributed by atoms with Gasteiger partial charge in [0.05, 0.1) is 6.61 Å². The number of carbonyl (C=O) groups excluding carboxylic acids is 1. The van der Waals surface area contributed by atoms with Gasteiger partial charge in [0.25, 0.3) is 0 Å². The summed E-state index contributed by atoms with van der Waals surface area (Å²) in [5.41, 5.74) is 8.02. The quantitative estimate of drug-likeness (QED) is 0.427. The molecule has 1 rings (SSSR count). The van der Waals surface area contributed by atoms with Crippen molar-refractivity contribution in [2.45, 2.75) is 13.8 Å². The highest BCUT2D eigenvalue weighted by molar-refractivity contribution is 5.89. The Hall–Kier alpha value is -1.95. The summed E-state index contributed by atoms with van der Waals surface area (Å²) in [5, 5.41) is 0. The van der Waals surface area contributed by atoms with Gasteiger partial charge in [-0.3, -0.25) is 0 Å². The van der Waals surface area contributed by atoms with E-state index in [9.17, 15) is 4.79 Å². The van der Waals surface area contributed by atoms with E-state index < -0.39 is 5.97 Å². The van der Waals surface area contributed by atoms with Crippen LogP contribution in [-0.4, -0.2) is 12.6 Å². The average Bonchev–Trinajstić information content (AvgIpc) is 2.17. The van der Waals surface area contributed by atoms with Crippen LogP contribution in [0.2, 0.25) is 0 Å². The van der Waals surface area contributed by atoms with Crippen LogP contribution in [0.15, 0.2) is 18.2 Å². The lowest BCUT2D eigenvalue weighted by atomic mass is 10.1. The summed E-state index contributed by atoms with van der Waals surface area (Å²) < 4.78 is 4.69. The van der Waals surface area contributed by atoms with E-state index >= 15 is 0 Å². The number of hydrogen-bond donors (Lipinski definition) is 1. The lowest BCUT2D eigenvalue weighted by Crippen LogP contribution is -1.99. The number of esters is 1. The summed E-state index contributed by atoms with van der Waals surface area (Å²) in [7, 11) is 0. The number of carbonyl (C=O) groups is 1. The van der Waals surface area contributed by atoms with Crippen LogP contribution in [-0.2, 0) is 9.53 Å². The Labute approximate surface area is 89.2 Å². The minimum absolute atomic E-state index is 0.342. The molecule has 0 bridgehead atoms. The van der Waals surface area contributed by atoms with E-state index in [0.717, 1.165) is 11.1 Å². The molecule has 0 saturated heterocycles. The molecule has 0 aliphatic heterocycles. The van der Waals surface area contributed by atoms with Crippen molar-refractivity contribution >= 4 is 11.7 Å². The van der Waals surface area contributed by atoms with Gasteiger partial charge >= 0.3 is 5.97 Å². The lowest BCUT2D eigenvalue weighted by molar-refractivity contribution is -0.136. The van der Waals surface area contributed by atoms with Crippen molar-refractivity contribution in [1.82, 2.24) is 0 Å². The van der Waals surface area contributed by atoms with Gasteiger partial charge in [0.2, 0.25) is 0 Å². The number of benzene rings is 1. The normalized spacial score (nSPS) is 8.93. The predicted octanol–water partition coefficient (Wildman–Crippen LogP) is 1.49. The first-order valence-corrected chi connectivity index (χ1v) is 4.68. The zero-order valence-corrected chi connectivity index (χ0v) is 8.83. The van der Waals surface area contributed by atoms with E-state index in [-0.39, 0.29) is 0 Å². The van der Waals surface area contributed by atoms with Crippen LogP contribution >= 0.6 is 0 Å². The molecule has 2 N–H and O–H groups in total. The molecule has 0 aromatic heterocycles. The summed E-state index contributed by atoms with van der Waals surface area (Å²) in [4.78, 5) is 11.0. The Bertz CT molecular complexity index is 427. The second-order valence-electron chi connectivity index (χ2n) is 3.04. The Morgan fingerprint density at radius 2 is 2.27 bits per heavy atom. The van der Waals surface area contributed by atoms with Crippen LogP contribution in [0.3, 0.4) is 0 Å². The van der Waals surface area contributed by atoms with Crippen molar-refractivity contribution in [1.29, 1.82) is 0 Å². The average molecular weight is 203 g/mol. The van der Waals surface area contributed by atoms with Gasteiger partial charge in [-0.1, -0.05) is 5.92 Å². The van der Waals surface area contributed by atoms with Gasteiger partial charge < -0.3 is 10.5 Å². The van der Waals surface area contributed by atoms with Crippen molar-refractivity contribution in [3.63, 3.8) is 0 Å². The molecule has 1 aromatic carbocycles. The molecule has 0 aliphatic rings. The molecular weight excluding hydrogens is 190 g/mol. The van der Waals surface area contributed by atoms with Gasteiger partial charge in [-0.15, -0.1) is 0 Å². The molecule has 0 atom stereocenters. The van der Waals surface area contributed by atoms with Crippen molar-refractivity contribution < 1.29 is 9.53 Å². The minimum Gasteiger partial charge on any atom is -0.456 e. The molecule has 0 heterocycles. The van der Waals surface area contributed by atoms with E-state index in [0.29, 0.717) is 12.3 Å². The highest BCUT2D eigenvalue weighted by Crippen LogP contribution is 2.10. The smallest absolute Gasteiger partial charge is 0.384 e. The molecule has 0 amide bonds. The summed E-state index contributed by atoms with van der Waals surface area (Å²) in [6.07, 6.45) is 0. The third-order valence-electron chi connectivity index (χ3n) is 1.83. The topological polar surface area (TPSA) is 52.3 Å². The number of anilines is 1. The first-order valence-electron chi connectivity index (χ1n) is 4.68. The number of hydrogen-bond acceptors (Lipinski definition) is 3. The molecule has 0 unspecified atom stereocenters. The van der Waals surface area contributed by atoms with E-state index in [1.54, 1.807) is 19.1 Å². The van der Waals surface area contributed by atoms with Gasteiger partial charge in [0, 0.05) is 17.2 Å². The van der Waals surface area contributed by atoms with Crippen molar-refractivity contribution in [2.75, 3.05) is 12.3 Å². The Morgan fingerprint density at radius 1 is 1.53 bits per heavy atom. The maximum absolute atomic E-state index is 11.0. The summed E-state index contributed by atoms with van der Waals surface area (Å²) in [6, 6.07) is 5.36. The highest BCUT2D eigenvalue weighted by Gasteiger charge is 1.96. The zero-order chi connectivity index (χ0) is 11.3. The van der Waals surface area contributed by atoms with Crippen LogP contribution in [0.1, 0.15) is 18.1 Å². The maximum atomic E-state index is 11.0. The number of nitrogens with two attached hydrogens (primary N) is 1. The predicted molar refractivity (Wildman–Crippen MR) is 59.1 cm³/mol. The number of ether oxygens (including phenoxy) is 1. The molecule has 3 nitrogen and oxygen atoms in total. The van der Waals surface area contributed by atoms with Crippen LogP contribution in [0, 0.1) is 18.8 Å². The molecule has 78 valence electrons. The minimum atomic E-state index is -0.506. The van der Waals surface area contributed by atoms with Crippen molar-refractivity contribution in [2.24, 2.45) is 0 Å². The molecule has 0 saturated carbocycles. The van der Waals surface area contributed by atoms with E-state index in [4.69, 9.17) is 5.73 Å². The van der Waals surface area contributed by atoms with Crippen molar-refractivity contribution in [3.05, 3.63) is 29.3 Å². The fraction of sp³-hybridized carbons (Fsp3) is 0.250. The van der Waals surface area contributed by atoms with Gasteiger partial charge in [-0.2, -0.15) is 0 Å². The molecular formula is C12H13NO2. The van der Waals surface area contributed by atoms with Gasteiger partial charge in [0.15, 0.2) is 0 Å². The first-order chi connectivity index (χ1) is 7.13. The zero-order valence-electron chi connectivity index (χ0n) is 8.83. The second-order valence-corrected chi connectivity index (χ2v) is 3.04. The first kappa shape index (κ1) is 11.1. The molecule has 0 spiro atoms. The molecule has 0 radical (unpaired) electrons. The standard InChI is InChI=1S/C12H13NO2/c1-3-15-12(14)7-5-10-4-6-11(13)8-9(10)2/h4,6,8H,3,13H2,1-2H3. The fourth-order valence-electron chi connectivity index (χ4n) is 1.11. The summed E-state index contributed by atoms with van der Waals surface area (Å²) in [5.74, 6) is 4.65. The number of rotatable bonds is 1. The van der Waals surface area contributed by atoms with E-state index in [1.165, 1.54) is 0 Å². The lowest BCUT2D eigenvalue weighted by Gasteiger charge is -1.98.